The molecule has 1 aromatic heterocycles. The summed E-state index contributed by atoms with van der Waals surface area (Å²) < 4.78 is 0. The SMILES string of the molecule is CC1(C)c2ccccc2N(c2ccc(-c3cccc(-c4ccccc4)c3)cc2-c2nc(-c3ccccc3)nc(-c3ccccc3)n2)c2ccccc21. The summed E-state index contributed by atoms with van der Waals surface area (Å²) >= 11 is 0. The summed E-state index contributed by atoms with van der Waals surface area (Å²) in [4.78, 5) is 17.9. The Morgan fingerprint density at radius 3 is 1.33 bits per heavy atom. The number of hydrogen-bond acceptors (Lipinski definition) is 4. The van der Waals surface area contributed by atoms with Crippen molar-refractivity contribution in [2.45, 2.75) is 19.3 Å². The van der Waals surface area contributed by atoms with Gasteiger partial charge in [0, 0.05) is 22.1 Å². The second-order valence-corrected chi connectivity index (χ2v) is 13.7. The van der Waals surface area contributed by atoms with Gasteiger partial charge in [0.05, 0.1) is 17.1 Å². The maximum atomic E-state index is 5.25. The average molecular weight is 669 g/mol. The molecule has 248 valence electrons. The van der Waals surface area contributed by atoms with Crippen molar-refractivity contribution >= 4 is 17.1 Å². The quantitative estimate of drug-likeness (QED) is 0.177. The summed E-state index contributed by atoms with van der Waals surface area (Å²) in [5.41, 5.74) is 13.0. The van der Waals surface area contributed by atoms with Crippen LogP contribution in [0.1, 0.15) is 25.0 Å². The molecule has 0 aliphatic carbocycles. The standard InChI is InChI=1S/C48H36N4/c1-48(2)40-25-12-14-27-43(40)52(44-28-15-13-26-41(44)48)42-30-29-38(37-24-16-23-36(31-37)33-17-6-3-7-18-33)32-39(42)47-50-45(34-19-8-4-9-20-34)49-46(51-47)35-21-10-5-11-22-35/h3-32H,1-2H3. The van der Waals surface area contributed by atoms with E-state index in [4.69, 9.17) is 15.0 Å². The predicted octanol–water partition coefficient (Wildman–Crippen LogP) is 12.3. The van der Waals surface area contributed by atoms with Gasteiger partial charge in [-0.15, -0.1) is 0 Å². The molecule has 52 heavy (non-hydrogen) atoms. The summed E-state index contributed by atoms with van der Waals surface area (Å²) in [6.07, 6.45) is 0. The van der Waals surface area contributed by atoms with Crippen LogP contribution in [-0.2, 0) is 5.41 Å². The molecule has 0 radical (unpaired) electrons. The molecule has 0 saturated heterocycles. The van der Waals surface area contributed by atoms with Crippen LogP contribution in [0.25, 0.3) is 56.4 Å². The molecule has 0 bridgehead atoms. The van der Waals surface area contributed by atoms with Crippen molar-refractivity contribution in [3.8, 4) is 56.4 Å². The number of hydrogen-bond donors (Lipinski definition) is 0. The van der Waals surface area contributed by atoms with E-state index in [0.717, 1.165) is 44.9 Å². The van der Waals surface area contributed by atoms with Crippen molar-refractivity contribution in [3.63, 3.8) is 0 Å². The zero-order valence-electron chi connectivity index (χ0n) is 29.1. The second-order valence-electron chi connectivity index (χ2n) is 13.7. The Morgan fingerprint density at radius 2 is 0.769 bits per heavy atom. The van der Waals surface area contributed by atoms with Crippen LogP contribution in [0, 0.1) is 0 Å². The lowest BCUT2D eigenvalue weighted by Gasteiger charge is -2.42. The van der Waals surface area contributed by atoms with Gasteiger partial charge < -0.3 is 4.90 Å². The normalized spacial score (nSPS) is 12.9. The molecule has 0 atom stereocenters. The molecule has 1 aliphatic heterocycles. The fraction of sp³-hybridized carbons (Fsp3) is 0.0625. The molecule has 1 aliphatic rings. The summed E-state index contributed by atoms with van der Waals surface area (Å²) in [7, 11) is 0. The largest absolute Gasteiger partial charge is 0.309 e. The fourth-order valence-electron chi connectivity index (χ4n) is 7.46. The van der Waals surface area contributed by atoms with E-state index in [2.05, 4.69) is 164 Å². The van der Waals surface area contributed by atoms with Gasteiger partial charge in [-0.1, -0.05) is 166 Å². The molecule has 0 saturated carbocycles. The smallest absolute Gasteiger partial charge is 0.166 e. The van der Waals surface area contributed by atoms with E-state index in [9.17, 15) is 0 Å². The number of aromatic nitrogens is 3. The van der Waals surface area contributed by atoms with E-state index in [0.29, 0.717) is 17.5 Å². The third-order valence-corrected chi connectivity index (χ3v) is 10.1. The first-order valence-electron chi connectivity index (χ1n) is 17.7. The topological polar surface area (TPSA) is 41.9 Å². The lowest BCUT2D eigenvalue weighted by atomic mass is 9.73. The van der Waals surface area contributed by atoms with Gasteiger partial charge >= 0.3 is 0 Å². The van der Waals surface area contributed by atoms with Gasteiger partial charge in [0.1, 0.15) is 0 Å². The number of nitrogens with zero attached hydrogens (tertiary/aromatic N) is 4. The van der Waals surface area contributed by atoms with Crippen LogP contribution in [-0.4, -0.2) is 15.0 Å². The molecule has 4 nitrogen and oxygen atoms in total. The first-order valence-corrected chi connectivity index (χ1v) is 17.7. The van der Waals surface area contributed by atoms with E-state index in [1.165, 1.54) is 22.3 Å². The van der Waals surface area contributed by atoms with Gasteiger partial charge in [0.25, 0.3) is 0 Å². The molecule has 7 aromatic carbocycles. The van der Waals surface area contributed by atoms with E-state index in [-0.39, 0.29) is 5.41 Å². The molecule has 2 heterocycles. The van der Waals surface area contributed by atoms with E-state index in [1.807, 2.05) is 36.4 Å². The first kappa shape index (κ1) is 31.3. The average Bonchev–Trinajstić information content (AvgIpc) is 3.22. The van der Waals surface area contributed by atoms with Crippen LogP contribution in [0.2, 0.25) is 0 Å². The molecule has 9 rings (SSSR count). The predicted molar refractivity (Wildman–Crippen MR) is 214 cm³/mol. The fourth-order valence-corrected chi connectivity index (χ4v) is 7.46. The van der Waals surface area contributed by atoms with Gasteiger partial charge in [-0.2, -0.15) is 0 Å². The van der Waals surface area contributed by atoms with E-state index in [1.54, 1.807) is 0 Å². The Morgan fingerprint density at radius 1 is 0.346 bits per heavy atom. The molecule has 0 unspecified atom stereocenters. The highest BCUT2D eigenvalue weighted by Gasteiger charge is 2.37. The van der Waals surface area contributed by atoms with Gasteiger partial charge in [-0.05, 0) is 63.7 Å². The third-order valence-electron chi connectivity index (χ3n) is 10.1. The van der Waals surface area contributed by atoms with Crippen LogP contribution < -0.4 is 4.90 Å². The minimum Gasteiger partial charge on any atom is -0.309 e. The zero-order valence-corrected chi connectivity index (χ0v) is 29.1. The highest BCUT2D eigenvalue weighted by Crippen LogP contribution is 2.53. The number of para-hydroxylation sites is 2. The van der Waals surface area contributed by atoms with Gasteiger partial charge in [-0.25, -0.2) is 15.0 Å². The van der Waals surface area contributed by atoms with Gasteiger partial charge in [-0.3, -0.25) is 0 Å². The molecule has 0 N–H and O–H groups in total. The molecular weight excluding hydrogens is 633 g/mol. The van der Waals surface area contributed by atoms with Gasteiger partial charge in [0.15, 0.2) is 17.5 Å². The lowest BCUT2D eigenvalue weighted by Crippen LogP contribution is -2.30. The maximum absolute atomic E-state index is 5.25. The Hall–Kier alpha value is -6.65. The van der Waals surface area contributed by atoms with Crippen molar-refractivity contribution < 1.29 is 0 Å². The van der Waals surface area contributed by atoms with Crippen LogP contribution in [0.5, 0.6) is 0 Å². The molecule has 0 amide bonds. The van der Waals surface area contributed by atoms with Crippen molar-refractivity contribution in [2.24, 2.45) is 0 Å². The van der Waals surface area contributed by atoms with Crippen molar-refractivity contribution in [1.82, 2.24) is 15.0 Å². The Bertz CT molecular complexity index is 2440. The molecule has 0 spiro atoms. The minimum absolute atomic E-state index is 0.185. The number of rotatable bonds is 6. The highest BCUT2D eigenvalue weighted by atomic mass is 15.2. The van der Waals surface area contributed by atoms with Gasteiger partial charge in [0.2, 0.25) is 0 Å². The Balaban J connectivity index is 1.32. The van der Waals surface area contributed by atoms with Crippen molar-refractivity contribution in [2.75, 3.05) is 4.90 Å². The monoisotopic (exact) mass is 668 g/mol. The molecule has 0 fully saturated rings. The van der Waals surface area contributed by atoms with Crippen LogP contribution in [0.3, 0.4) is 0 Å². The zero-order chi connectivity index (χ0) is 35.1. The first-order chi connectivity index (χ1) is 25.5. The third kappa shape index (κ3) is 5.55. The maximum Gasteiger partial charge on any atom is 0.166 e. The van der Waals surface area contributed by atoms with Crippen molar-refractivity contribution in [1.29, 1.82) is 0 Å². The Labute approximate surface area is 304 Å². The minimum atomic E-state index is -0.185. The lowest BCUT2D eigenvalue weighted by molar-refractivity contribution is 0.632. The highest BCUT2D eigenvalue weighted by molar-refractivity contribution is 5.93. The summed E-state index contributed by atoms with van der Waals surface area (Å²) in [6.45, 7) is 4.63. The summed E-state index contributed by atoms with van der Waals surface area (Å²) in [5.74, 6) is 1.88. The van der Waals surface area contributed by atoms with Crippen molar-refractivity contribution in [3.05, 3.63) is 193 Å². The van der Waals surface area contributed by atoms with Crippen LogP contribution >= 0.6 is 0 Å². The second kappa shape index (κ2) is 12.9. The van der Waals surface area contributed by atoms with E-state index < -0.39 is 0 Å². The molecule has 8 aromatic rings. The number of anilines is 3. The molecule has 4 heteroatoms. The van der Waals surface area contributed by atoms with E-state index >= 15 is 0 Å². The van der Waals surface area contributed by atoms with Crippen LogP contribution in [0.4, 0.5) is 17.1 Å². The number of benzene rings is 7. The Kier molecular flexibility index (Phi) is 7.78. The molecular formula is C48H36N4. The number of fused-ring (bicyclic) bond motifs is 2. The van der Waals surface area contributed by atoms with Crippen LogP contribution in [0.15, 0.2) is 182 Å². The summed E-state index contributed by atoms with van der Waals surface area (Å²) in [6, 6.07) is 63.8. The summed E-state index contributed by atoms with van der Waals surface area (Å²) in [5, 5.41) is 0.